The number of rotatable bonds is 5. The lowest BCUT2D eigenvalue weighted by Gasteiger charge is -2.33. The Morgan fingerprint density at radius 1 is 1.21 bits per heavy atom. The molecule has 2 aliphatic rings. The Morgan fingerprint density at radius 2 is 1.92 bits per heavy atom. The molecule has 2 saturated heterocycles. The van der Waals surface area contributed by atoms with Gasteiger partial charge in [-0.2, -0.15) is 0 Å². The summed E-state index contributed by atoms with van der Waals surface area (Å²) in [7, 11) is 0. The summed E-state index contributed by atoms with van der Waals surface area (Å²) in [5.74, 6) is 0.102. The third-order valence-electron chi connectivity index (χ3n) is 5.30. The summed E-state index contributed by atoms with van der Waals surface area (Å²) in [6.07, 6.45) is 2.51. The number of piperidine rings is 1. The number of hydrogen-bond acceptors (Lipinski definition) is 4. The fraction of sp³-hybridized carbons (Fsp3) is 0.632. The number of amides is 1. The minimum Gasteiger partial charge on any atom is -0.392 e. The van der Waals surface area contributed by atoms with Crippen LogP contribution in [-0.4, -0.2) is 65.2 Å². The largest absolute Gasteiger partial charge is 0.392 e. The second kappa shape index (κ2) is 8.10. The summed E-state index contributed by atoms with van der Waals surface area (Å²) in [6.45, 7) is 6.41. The van der Waals surface area contributed by atoms with Gasteiger partial charge in [0.2, 0.25) is 5.91 Å². The van der Waals surface area contributed by atoms with E-state index < -0.39 is 0 Å². The number of β-amino-alcohol motifs (C(OH)–C–C–N with tert-alkyl or cyclic N) is 1. The van der Waals surface area contributed by atoms with E-state index in [1.54, 1.807) is 0 Å². The zero-order valence-corrected chi connectivity index (χ0v) is 14.5. The minimum atomic E-state index is -0.276. The van der Waals surface area contributed by atoms with Crippen molar-refractivity contribution in [1.82, 2.24) is 15.1 Å². The van der Waals surface area contributed by atoms with Crippen molar-refractivity contribution in [3.05, 3.63) is 35.9 Å². The van der Waals surface area contributed by atoms with Crippen LogP contribution >= 0.6 is 0 Å². The molecule has 0 spiro atoms. The first-order chi connectivity index (χ1) is 11.6. The Kier molecular flexibility index (Phi) is 5.87. The van der Waals surface area contributed by atoms with E-state index in [-0.39, 0.29) is 24.1 Å². The molecule has 2 heterocycles. The van der Waals surface area contributed by atoms with Crippen LogP contribution in [0.15, 0.2) is 30.3 Å². The van der Waals surface area contributed by atoms with Gasteiger partial charge in [-0.1, -0.05) is 30.3 Å². The van der Waals surface area contributed by atoms with E-state index in [2.05, 4.69) is 39.4 Å². The molecule has 1 aromatic carbocycles. The van der Waals surface area contributed by atoms with E-state index in [4.69, 9.17) is 0 Å². The fourth-order valence-corrected chi connectivity index (χ4v) is 3.68. The van der Waals surface area contributed by atoms with Crippen LogP contribution in [0.1, 0.15) is 31.7 Å². The maximum Gasteiger partial charge on any atom is 0.237 e. The standard InChI is InChI=1S/C19H29N3O2/c1-15(22-12-9-18(23)14-22)19(24)20-17-7-10-21(11-8-17)13-16-5-3-2-4-6-16/h2-6,15,17-18,23H,7-14H2,1H3,(H,20,24)/t15?,18-/m0/s1. The summed E-state index contributed by atoms with van der Waals surface area (Å²) in [5, 5.41) is 12.8. The Morgan fingerprint density at radius 3 is 2.54 bits per heavy atom. The third kappa shape index (κ3) is 4.56. The van der Waals surface area contributed by atoms with Crippen molar-refractivity contribution in [1.29, 1.82) is 0 Å². The van der Waals surface area contributed by atoms with E-state index >= 15 is 0 Å². The molecule has 2 fully saturated rings. The lowest BCUT2D eigenvalue weighted by Crippen LogP contribution is -2.50. The number of hydrogen-bond donors (Lipinski definition) is 2. The number of carbonyl (C=O) groups is 1. The molecule has 24 heavy (non-hydrogen) atoms. The van der Waals surface area contributed by atoms with E-state index in [1.165, 1.54) is 5.56 Å². The zero-order chi connectivity index (χ0) is 16.9. The van der Waals surface area contributed by atoms with Crippen molar-refractivity contribution >= 4 is 5.91 Å². The second-order valence-corrected chi connectivity index (χ2v) is 7.16. The topological polar surface area (TPSA) is 55.8 Å². The van der Waals surface area contributed by atoms with E-state index in [0.29, 0.717) is 6.54 Å². The lowest BCUT2D eigenvalue weighted by molar-refractivity contribution is -0.126. The normalized spacial score (nSPS) is 24.8. The van der Waals surface area contributed by atoms with Crippen molar-refractivity contribution in [3.63, 3.8) is 0 Å². The highest BCUT2D eigenvalue weighted by atomic mass is 16.3. The van der Waals surface area contributed by atoms with Crippen LogP contribution in [0, 0.1) is 0 Å². The predicted molar refractivity (Wildman–Crippen MR) is 94.5 cm³/mol. The average molecular weight is 331 g/mol. The molecule has 2 aliphatic heterocycles. The van der Waals surface area contributed by atoms with Crippen LogP contribution in [0.2, 0.25) is 0 Å². The number of nitrogens with zero attached hydrogens (tertiary/aromatic N) is 2. The number of benzene rings is 1. The summed E-state index contributed by atoms with van der Waals surface area (Å²) < 4.78 is 0. The van der Waals surface area contributed by atoms with Crippen molar-refractivity contribution < 1.29 is 9.90 Å². The third-order valence-corrected chi connectivity index (χ3v) is 5.30. The molecule has 2 N–H and O–H groups in total. The van der Waals surface area contributed by atoms with Gasteiger partial charge in [0.1, 0.15) is 0 Å². The molecule has 1 aromatic rings. The highest BCUT2D eigenvalue weighted by Crippen LogP contribution is 2.16. The Bertz CT molecular complexity index is 529. The van der Waals surface area contributed by atoms with Crippen LogP contribution in [0.3, 0.4) is 0 Å². The molecule has 0 bridgehead atoms. The molecule has 1 unspecified atom stereocenters. The van der Waals surface area contributed by atoms with Crippen LogP contribution in [-0.2, 0) is 11.3 Å². The molecule has 0 saturated carbocycles. The van der Waals surface area contributed by atoms with Gasteiger partial charge in [0.25, 0.3) is 0 Å². The average Bonchev–Trinajstić information content (AvgIpc) is 3.03. The van der Waals surface area contributed by atoms with Gasteiger partial charge >= 0.3 is 0 Å². The monoisotopic (exact) mass is 331 g/mol. The first-order valence-electron chi connectivity index (χ1n) is 9.10. The number of aliphatic hydroxyl groups is 1. The van der Waals surface area contributed by atoms with E-state index in [1.807, 2.05) is 13.0 Å². The molecule has 2 atom stereocenters. The summed E-state index contributed by atoms with van der Waals surface area (Å²) >= 11 is 0. The molecule has 132 valence electrons. The maximum atomic E-state index is 12.4. The van der Waals surface area contributed by atoms with Gasteiger partial charge in [-0.3, -0.25) is 14.6 Å². The van der Waals surface area contributed by atoms with Gasteiger partial charge in [-0.25, -0.2) is 0 Å². The van der Waals surface area contributed by atoms with E-state index in [9.17, 15) is 9.90 Å². The molecule has 0 aliphatic carbocycles. The maximum absolute atomic E-state index is 12.4. The smallest absolute Gasteiger partial charge is 0.237 e. The predicted octanol–water partition coefficient (Wildman–Crippen LogP) is 1.22. The van der Waals surface area contributed by atoms with Crippen LogP contribution in [0.25, 0.3) is 0 Å². The molecule has 5 nitrogen and oxygen atoms in total. The number of aliphatic hydroxyl groups excluding tert-OH is 1. The first-order valence-corrected chi connectivity index (χ1v) is 9.10. The van der Waals surface area contributed by atoms with Crippen molar-refractivity contribution in [2.24, 2.45) is 0 Å². The molecular formula is C19H29N3O2. The highest BCUT2D eigenvalue weighted by molar-refractivity contribution is 5.81. The number of nitrogens with one attached hydrogen (secondary N) is 1. The lowest BCUT2D eigenvalue weighted by atomic mass is 10.0. The van der Waals surface area contributed by atoms with Crippen molar-refractivity contribution in [3.8, 4) is 0 Å². The van der Waals surface area contributed by atoms with Crippen molar-refractivity contribution in [2.75, 3.05) is 26.2 Å². The number of likely N-dealkylation sites (tertiary alicyclic amines) is 2. The van der Waals surface area contributed by atoms with E-state index in [0.717, 1.165) is 45.4 Å². The summed E-state index contributed by atoms with van der Waals surface area (Å²) in [5.41, 5.74) is 1.35. The van der Waals surface area contributed by atoms with Crippen molar-refractivity contribution in [2.45, 2.75) is 50.9 Å². The quantitative estimate of drug-likeness (QED) is 0.852. The second-order valence-electron chi connectivity index (χ2n) is 7.16. The molecule has 5 heteroatoms. The van der Waals surface area contributed by atoms with Gasteiger partial charge in [-0.15, -0.1) is 0 Å². The summed E-state index contributed by atoms with van der Waals surface area (Å²) in [4.78, 5) is 17.0. The Hall–Kier alpha value is -1.43. The highest BCUT2D eigenvalue weighted by Gasteiger charge is 2.30. The fourth-order valence-electron chi connectivity index (χ4n) is 3.68. The summed E-state index contributed by atoms with van der Waals surface area (Å²) in [6, 6.07) is 10.7. The minimum absolute atomic E-state index is 0.102. The van der Waals surface area contributed by atoms with Crippen LogP contribution in [0.4, 0.5) is 0 Å². The molecule has 1 amide bonds. The molecule has 0 aromatic heterocycles. The Labute approximate surface area is 144 Å². The van der Waals surface area contributed by atoms with Gasteiger partial charge in [0.15, 0.2) is 0 Å². The van der Waals surface area contributed by atoms with Crippen LogP contribution < -0.4 is 5.32 Å². The van der Waals surface area contributed by atoms with Gasteiger partial charge in [-0.05, 0) is 31.7 Å². The molecular weight excluding hydrogens is 302 g/mol. The van der Waals surface area contributed by atoms with Gasteiger partial charge in [0, 0.05) is 38.8 Å². The Balaban J connectivity index is 1.41. The molecule has 0 radical (unpaired) electrons. The zero-order valence-electron chi connectivity index (χ0n) is 14.5. The first kappa shape index (κ1) is 17.4. The van der Waals surface area contributed by atoms with Gasteiger partial charge < -0.3 is 10.4 Å². The van der Waals surface area contributed by atoms with Crippen LogP contribution in [0.5, 0.6) is 0 Å². The molecule has 3 rings (SSSR count). The SMILES string of the molecule is CC(C(=O)NC1CCN(Cc2ccccc2)CC1)N1CC[C@H](O)C1. The van der Waals surface area contributed by atoms with Gasteiger partial charge in [0.05, 0.1) is 12.1 Å². The number of carbonyl (C=O) groups excluding carboxylic acids is 1.